The molecule has 662 valence electrons. The maximum absolute atomic E-state index is 4.96. The lowest BCUT2D eigenvalue weighted by Crippen LogP contribution is -1.93. The average Bonchev–Trinajstić information content (AvgIpc) is 0.733. The molecule has 0 fully saturated rings. The first-order chi connectivity index (χ1) is 70.4. The van der Waals surface area contributed by atoms with Gasteiger partial charge in [0.05, 0.1) is 34.2 Å². The van der Waals surface area contributed by atoms with Crippen molar-refractivity contribution in [1.82, 2.24) is 29.9 Å². The molecule has 0 aliphatic heterocycles. The first-order valence-corrected chi connectivity index (χ1v) is 48.3. The molecule has 6 heteroatoms. The van der Waals surface area contributed by atoms with Crippen molar-refractivity contribution in [2.24, 2.45) is 0 Å². The van der Waals surface area contributed by atoms with Crippen LogP contribution in [0.25, 0.3) is 264 Å². The molecular weight excluding hydrogens is 1720 g/mol. The molecule has 0 unspecified atom stereocenters. The molecule has 6 aromatic heterocycles. The van der Waals surface area contributed by atoms with Crippen LogP contribution in [0.5, 0.6) is 0 Å². The van der Waals surface area contributed by atoms with Crippen LogP contribution < -0.4 is 0 Å². The minimum atomic E-state index is 0.914. The number of nitrogens with zero attached hydrogens (tertiary/aromatic N) is 6. The van der Waals surface area contributed by atoms with Crippen LogP contribution in [0.4, 0.5) is 0 Å². The zero-order valence-corrected chi connectivity index (χ0v) is 77.5. The summed E-state index contributed by atoms with van der Waals surface area (Å²) in [4.78, 5) is 28.2. The van der Waals surface area contributed by atoms with Gasteiger partial charge in [-0.05, 0) is 312 Å². The highest BCUT2D eigenvalue weighted by atomic mass is 14.7. The Morgan fingerprint density at radius 2 is 0.303 bits per heavy atom. The Morgan fingerprint density at radius 3 is 0.592 bits per heavy atom. The van der Waals surface area contributed by atoms with Crippen molar-refractivity contribution >= 4 is 108 Å². The van der Waals surface area contributed by atoms with Crippen LogP contribution in [0.3, 0.4) is 0 Å². The van der Waals surface area contributed by atoms with Gasteiger partial charge in [0.15, 0.2) is 0 Å². The van der Waals surface area contributed by atoms with E-state index in [1.807, 2.05) is 91.8 Å². The van der Waals surface area contributed by atoms with Gasteiger partial charge in [0, 0.05) is 70.6 Å². The first kappa shape index (κ1) is 84.8. The van der Waals surface area contributed by atoms with Gasteiger partial charge in [0.25, 0.3) is 0 Å². The van der Waals surface area contributed by atoms with Crippen LogP contribution in [-0.2, 0) is 0 Å². The Bertz CT molecular complexity index is 9450. The van der Waals surface area contributed by atoms with Gasteiger partial charge in [-0.15, -0.1) is 0 Å². The summed E-state index contributed by atoms with van der Waals surface area (Å²) in [5.74, 6) is 0. The zero-order chi connectivity index (χ0) is 94.2. The molecule has 0 amide bonds. The third-order valence-electron chi connectivity index (χ3n) is 27.8. The van der Waals surface area contributed by atoms with E-state index in [-0.39, 0.29) is 0 Å². The average molecular weight is 1810 g/mol. The number of rotatable bonds is 14. The van der Waals surface area contributed by atoms with E-state index in [1.165, 1.54) is 197 Å². The Labute approximate surface area is 822 Å². The lowest BCUT2D eigenvalue weighted by atomic mass is 9.84. The van der Waals surface area contributed by atoms with E-state index in [1.54, 1.807) is 0 Å². The topological polar surface area (TPSA) is 77.3 Å². The monoisotopic (exact) mass is 1800 g/mol. The lowest BCUT2D eigenvalue weighted by Gasteiger charge is -2.19. The number of benzene rings is 21. The van der Waals surface area contributed by atoms with Crippen LogP contribution in [0.1, 0.15) is 0 Å². The third-order valence-corrected chi connectivity index (χ3v) is 27.8. The fraction of sp³-hybridized carbons (Fsp3) is 0. The molecule has 27 rings (SSSR count). The van der Waals surface area contributed by atoms with Crippen LogP contribution >= 0.6 is 0 Å². The Morgan fingerprint density at radius 1 is 0.0986 bits per heavy atom. The van der Waals surface area contributed by atoms with Crippen molar-refractivity contribution in [3.63, 3.8) is 0 Å². The largest absolute Gasteiger partial charge is 0.256 e. The van der Waals surface area contributed by atoms with Gasteiger partial charge < -0.3 is 0 Å². The molecule has 0 radical (unpaired) electrons. The van der Waals surface area contributed by atoms with Crippen molar-refractivity contribution in [3.05, 3.63) is 535 Å². The maximum Gasteiger partial charge on any atom is 0.0717 e. The molecule has 0 aliphatic rings. The first-order valence-electron chi connectivity index (χ1n) is 48.3. The van der Waals surface area contributed by atoms with Crippen molar-refractivity contribution in [2.75, 3.05) is 0 Å². The summed E-state index contributed by atoms with van der Waals surface area (Å²) in [6, 6.07) is 178. The molecule has 0 aliphatic carbocycles. The minimum Gasteiger partial charge on any atom is -0.256 e. The maximum atomic E-state index is 4.96. The van der Waals surface area contributed by atoms with Crippen LogP contribution in [0.2, 0.25) is 0 Å². The summed E-state index contributed by atoms with van der Waals surface area (Å²) in [5.41, 5.74) is 31.4. The Balaban J connectivity index is 0.000000114. The lowest BCUT2D eigenvalue weighted by molar-refractivity contribution is 1.28. The number of hydrogen-bond acceptors (Lipinski definition) is 6. The van der Waals surface area contributed by atoms with Crippen molar-refractivity contribution < 1.29 is 0 Å². The summed E-state index contributed by atoms with van der Waals surface area (Å²) < 4.78 is 0. The molecule has 6 nitrogen and oxygen atoms in total. The quantitative estimate of drug-likeness (QED) is 0.101. The Kier molecular flexibility index (Phi) is 22.3. The van der Waals surface area contributed by atoms with E-state index in [4.69, 9.17) is 15.0 Å². The molecule has 0 saturated carbocycles. The summed E-state index contributed by atoms with van der Waals surface area (Å²) >= 11 is 0. The minimum absolute atomic E-state index is 0.914. The summed E-state index contributed by atoms with van der Waals surface area (Å²) in [6.45, 7) is 0. The molecule has 6 heterocycles. The molecule has 27 aromatic rings. The standard InChI is InChI=1S/C56H36N2.2C40H26N2/c1-3-11-43-33-45(26-20-37(43)9-1)39-16-22-41(23-17-39)55-49-13-5-6-14-50(49)56(42-24-18-40(19-25-42)46-27-21-38-10-2-4-12-44(38)34-46)52-35-47(28-30-51(52)55)54-31-29-48(36-58-54)53-15-7-8-32-57-53;1-2-11-28(12-3-1)39-33-14-6-7-15-34(33)40(31-18-17-27-10-4-5-13-29(27)24-31)35-21-19-30(25-36(35)39)38-22-20-32(26-42-38)37-16-8-9-23-41-37;1-2-11-28(12-3-1)39-33-14-6-7-15-34(33)40(31-18-17-27-10-4-5-13-29(27)24-31)36-25-30(19-21-35(36)39)38-22-20-32(26-42-38)37-16-8-9-23-41-37/h1-36H;2*1-26H. The molecule has 0 N–H and O–H groups in total. The molecular formula is C136H88N6. The van der Waals surface area contributed by atoms with E-state index < -0.39 is 0 Å². The molecule has 0 atom stereocenters. The van der Waals surface area contributed by atoms with E-state index in [0.29, 0.717) is 0 Å². The van der Waals surface area contributed by atoms with Crippen LogP contribution in [0, 0.1) is 0 Å². The molecule has 21 aromatic carbocycles. The van der Waals surface area contributed by atoms with Crippen molar-refractivity contribution in [3.8, 4) is 157 Å². The summed E-state index contributed by atoms with van der Waals surface area (Å²) in [7, 11) is 0. The van der Waals surface area contributed by atoms with Crippen molar-refractivity contribution in [2.45, 2.75) is 0 Å². The van der Waals surface area contributed by atoms with Gasteiger partial charge in [-0.3, -0.25) is 29.9 Å². The SMILES string of the molecule is c1ccc(-c2c3ccccc3c(-c3ccc4ccccc4c3)c3cc(-c4ccc(-c5ccccn5)cn4)ccc23)cc1.c1ccc(-c2c3ccccc3c(-c3ccc4ccccc4c3)c3ccc(-c4ccc(-c5ccccn5)cn4)cc23)cc1.c1ccc(-c2ccc(-c3ccc4c(-c5ccc(-c6ccc7ccccc7c6)cc5)c5ccccc5c(-c5ccc(-c6ccc7ccccc7c6)cc5)c4c3)nc2)nc1. The van der Waals surface area contributed by atoms with Crippen LogP contribution in [0.15, 0.2) is 535 Å². The highest BCUT2D eigenvalue weighted by molar-refractivity contribution is 6.26. The second kappa shape index (κ2) is 37.3. The molecule has 142 heavy (non-hydrogen) atoms. The van der Waals surface area contributed by atoms with Crippen molar-refractivity contribution in [1.29, 1.82) is 0 Å². The predicted octanol–water partition coefficient (Wildman–Crippen LogP) is 36.3. The number of fused-ring (bicyclic) bond motifs is 10. The highest BCUT2D eigenvalue weighted by Crippen LogP contribution is 2.51. The summed E-state index contributed by atoms with van der Waals surface area (Å²) in [6.07, 6.45) is 11.2. The smallest absolute Gasteiger partial charge is 0.0717 e. The molecule has 0 saturated heterocycles. The second-order valence-electron chi connectivity index (χ2n) is 36.2. The second-order valence-corrected chi connectivity index (χ2v) is 36.2. The van der Waals surface area contributed by atoms with Gasteiger partial charge >= 0.3 is 0 Å². The van der Waals surface area contributed by atoms with Gasteiger partial charge in [-0.2, -0.15) is 0 Å². The fourth-order valence-electron chi connectivity index (χ4n) is 20.9. The highest BCUT2D eigenvalue weighted by Gasteiger charge is 2.24. The van der Waals surface area contributed by atoms with Gasteiger partial charge in [-0.1, -0.05) is 382 Å². The Hall–Kier alpha value is -18.9. The van der Waals surface area contributed by atoms with Gasteiger partial charge in [-0.25, -0.2) is 0 Å². The van der Waals surface area contributed by atoms with E-state index >= 15 is 0 Å². The number of hydrogen-bond donors (Lipinski definition) is 0. The predicted molar refractivity (Wildman–Crippen MR) is 597 cm³/mol. The summed E-state index contributed by atoms with van der Waals surface area (Å²) in [5, 5.41) is 24.7. The normalized spacial score (nSPS) is 11.4. The fourth-order valence-corrected chi connectivity index (χ4v) is 20.9. The number of pyridine rings is 6. The van der Waals surface area contributed by atoms with E-state index in [0.717, 1.165) is 67.5 Å². The third kappa shape index (κ3) is 16.3. The van der Waals surface area contributed by atoms with E-state index in [9.17, 15) is 0 Å². The number of aromatic nitrogens is 6. The molecule has 0 spiro atoms. The molecule has 0 bridgehead atoms. The van der Waals surface area contributed by atoms with E-state index in [2.05, 4.69) is 458 Å². The zero-order valence-electron chi connectivity index (χ0n) is 77.5. The van der Waals surface area contributed by atoms with Gasteiger partial charge in [0.2, 0.25) is 0 Å². The van der Waals surface area contributed by atoms with Gasteiger partial charge in [0.1, 0.15) is 0 Å². The van der Waals surface area contributed by atoms with Crippen LogP contribution in [-0.4, -0.2) is 29.9 Å².